The number of hydrogen-bond acceptors (Lipinski definition) is 10. The average Bonchev–Trinajstić information content (AvgIpc) is 3.66. The Morgan fingerprint density at radius 2 is 1.70 bits per heavy atom. The van der Waals surface area contributed by atoms with Crippen LogP contribution in [0.15, 0.2) is 54.6 Å². The lowest BCUT2D eigenvalue weighted by molar-refractivity contribution is -0.144. The van der Waals surface area contributed by atoms with Crippen molar-refractivity contribution in [3.8, 4) is 5.75 Å². The van der Waals surface area contributed by atoms with Crippen molar-refractivity contribution >= 4 is 47.2 Å². The van der Waals surface area contributed by atoms with Crippen molar-refractivity contribution in [2.75, 3.05) is 52.4 Å². The highest BCUT2D eigenvalue weighted by atomic mass is 32.2. The van der Waals surface area contributed by atoms with Crippen molar-refractivity contribution in [2.24, 2.45) is 5.41 Å². The van der Waals surface area contributed by atoms with E-state index in [1.54, 1.807) is 68.7 Å². The molecule has 16 heteroatoms. The topological polar surface area (TPSA) is 207 Å². The summed E-state index contributed by atoms with van der Waals surface area (Å²) in [5, 5.41) is 30.9. The average molecular weight is 799 g/mol. The number of amides is 6. The molecule has 2 aromatic carbocycles. The van der Waals surface area contributed by atoms with Crippen molar-refractivity contribution in [2.45, 2.75) is 83.1 Å². The Bertz CT molecular complexity index is 1640. The van der Waals surface area contributed by atoms with Gasteiger partial charge in [0.2, 0.25) is 29.5 Å². The number of rotatable bonds is 20. The molecule has 1 aliphatic rings. The highest BCUT2D eigenvalue weighted by Gasteiger charge is 2.43. The van der Waals surface area contributed by atoms with Gasteiger partial charge in [0.25, 0.3) is 5.91 Å². The molecule has 1 heterocycles. The molecule has 1 fully saturated rings. The molecule has 6 N–H and O–H groups in total. The fourth-order valence-electron chi connectivity index (χ4n) is 6.21. The Balaban J connectivity index is 1.66. The van der Waals surface area contributed by atoms with E-state index >= 15 is 0 Å². The van der Waals surface area contributed by atoms with Crippen LogP contribution in [-0.4, -0.2) is 132 Å². The molecule has 5 atom stereocenters. The molecule has 0 radical (unpaired) electrons. The molecule has 0 bridgehead atoms. The summed E-state index contributed by atoms with van der Waals surface area (Å²) in [6.07, 6.45) is 1.68. The van der Waals surface area contributed by atoms with E-state index in [2.05, 4.69) is 21.3 Å². The van der Waals surface area contributed by atoms with Gasteiger partial charge >= 0.3 is 0 Å². The fourth-order valence-corrected chi connectivity index (χ4v) is 6.70. The van der Waals surface area contributed by atoms with Gasteiger partial charge in [0.05, 0.1) is 25.6 Å². The van der Waals surface area contributed by atoms with Gasteiger partial charge in [0.15, 0.2) is 6.10 Å². The van der Waals surface area contributed by atoms with E-state index in [-0.39, 0.29) is 37.8 Å². The third kappa shape index (κ3) is 13.8. The van der Waals surface area contributed by atoms with Crippen LogP contribution in [-0.2, 0) is 35.2 Å². The smallest absolute Gasteiger partial charge is 0.251 e. The molecule has 15 nitrogen and oxygen atoms in total. The highest BCUT2D eigenvalue weighted by molar-refractivity contribution is 7.98. The lowest BCUT2D eigenvalue weighted by Crippen LogP contribution is -2.59. The van der Waals surface area contributed by atoms with Crippen LogP contribution in [0.4, 0.5) is 0 Å². The number of ether oxygens (including phenoxy) is 1. The largest absolute Gasteiger partial charge is 0.493 e. The van der Waals surface area contributed by atoms with Gasteiger partial charge in [-0.1, -0.05) is 63.2 Å². The molecule has 0 aliphatic carbocycles. The number of nitrogens with zero attached hydrogens (tertiary/aromatic N) is 2. The van der Waals surface area contributed by atoms with Gasteiger partial charge in [-0.05, 0) is 59.9 Å². The minimum Gasteiger partial charge on any atom is -0.493 e. The molecule has 56 heavy (non-hydrogen) atoms. The summed E-state index contributed by atoms with van der Waals surface area (Å²) >= 11 is 1.45. The van der Waals surface area contributed by atoms with Gasteiger partial charge in [-0.3, -0.25) is 28.8 Å². The number of likely N-dealkylation sites (N-methyl/N-ethyl adjacent to an activating group) is 1. The van der Waals surface area contributed by atoms with Crippen molar-refractivity contribution in [3.05, 3.63) is 65.7 Å². The minimum atomic E-state index is -1.72. The summed E-state index contributed by atoms with van der Waals surface area (Å²) in [4.78, 5) is 82.8. The third-order valence-corrected chi connectivity index (χ3v) is 9.89. The summed E-state index contributed by atoms with van der Waals surface area (Å²) in [6, 6.07) is 11.8. The maximum atomic E-state index is 14.1. The number of carbonyl (C=O) groups is 6. The van der Waals surface area contributed by atoms with E-state index in [0.717, 1.165) is 0 Å². The monoisotopic (exact) mass is 798 g/mol. The van der Waals surface area contributed by atoms with E-state index < -0.39 is 65.9 Å². The van der Waals surface area contributed by atoms with Crippen LogP contribution in [0.25, 0.3) is 0 Å². The van der Waals surface area contributed by atoms with Gasteiger partial charge < -0.3 is 46.0 Å². The summed E-state index contributed by atoms with van der Waals surface area (Å²) in [5.41, 5.74) is 0.524. The number of aliphatic hydroxyl groups is 2. The van der Waals surface area contributed by atoms with Crippen LogP contribution in [0.5, 0.6) is 5.75 Å². The predicted octanol–water partition coefficient (Wildman–Crippen LogP) is 1.17. The lowest BCUT2D eigenvalue weighted by atomic mass is 9.85. The Kier molecular flexibility index (Phi) is 18.1. The summed E-state index contributed by atoms with van der Waals surface area (Å²) < 4.78 is 5.63. The molecule has 0 spiro atoms. The molecule has 3 rings (SSSR count). The van der Waals surface area contributed by atoms with E-state index in [4.69, 9.17) is 9.84 Å². The van der Waals surface area contributed by atoms with E-state index in [9.17, 15) is 33.9 Å². The molecular formula is C40H58N6O9S. The molecule has 308 valence electrons. The number of carbonyl (C=O) groups excluding carboxylic acids is 6. The molecule has 1 saturated heterocycles. The Labute approximate surface area is 333 Å². The maximum absolute atomic E-state index is 14.1. The first-order valence-corrected chi connectivity index (χ1v) is 20.2. The SMILES string of the molecule is CSCCC(NC(=O)[C@@H]1CCCN1C(=O)[C@@H](NC(=O)Cc1cccc(OCCCO)c1)C(C)(C)C)C(O)C(=O)NCC(=O)N[C@H](C(=O)N(C)C)c1ccccc1. The second-order valence-corrected chi connectivity index (χ2v) is 16.0. The van der Waals surface area contributed by atoms with Crippen LogP contribution in [0.1, 0.15) is 63.6 Å². The van der Waals surface area contributed by atoms with E-state index in [0.29, 0.717) is 48.5 Å². The van der Waals surface area contributed by atoms with Crippen LogP contribution in [0, 0.1) is 5.41 Å². The number of hydrogen-bond donors (Lipinski definition) is 6. The molecule has 2 aromatic rings. The maximum Gasteiger partial charge on any atom is 0.251 e. The van der Waals surface area contributed by atoms with Gasteiger partial charge in [0, 0.05) is 33.7 Å². The zero-order chi connectivity index (χ0) is 41.4. The Morgan fingerprint density at radius 3 is 2.34 bits per heavy atom. The second kappa shape index (κ2) is 22.2. The number of nitrogens with one attached hydrogen (secondary N) is 4. The van der Waals surface area contributed by atoms with Gasteiger partial charge in [0.1, 0.15) is 23.9 Å². The number of aliphatic hydroxyl groups excluding tert-OH is 2. The van der Waals surface area contributed by atoms with Crippen LogP contribution < -0.4 is 26.0 Å². The van der Waals surface area contributed by atoms with E-state index in [1.165, 1.54) is 21.6 Å². The zero-order valence-electron chi connectivity index (χ0n) is 33.2. The quantitative estimate of drug-likeness (QED) is 0.106. The first-order chi connectivity index (χ1) is 26.6. The third-order valence-electron chi connectivity index (χ3n) is 9.25. The molecule has 0 saturated carbocycles. The normalized spacial score (nSPS) is 16.1. The zero-order valence-corrected chi connectivity index (χ0v) is 34.0. The van der Waals surface area contributed by atoms with Crippen molar-refractivity contribution in [1.29, 1.82) is 0 Å². The minimum absolute atomic E-state index is 0.00271. The van der Waals surface area contributed by atoms with Crippen molar-refractivity contribution < 1.29 is 43.7 Å². The lowest BCUT2D eigenvalue weighted by Gasteiger charge is -2.36. The summed E-state index contributed by atoms with van der Waals surface area (Å²) in [6.45, 7) is 5.56. The standard InChI is InChI=1S/C40H58N6O9S/c1-40(2,3)35(44-31(48)24-26-13-10-16-28(23-26)55-21-12-20-47)39(54)46-19-11-17-30(46)36(51)42-29(18-22-56-6)34(50)37(52)41-25-32(49)43-33(38(53)45(4)5)27-14-8-7-9-15-27/h7-10,13-16,23,29-30,33-35,47,50H,11-12,17-22,24-25H2,1-6H3,(H,41,52)(H,42,51)(H,43,49)(H,44,48)/t29?,30-,33-,34?,35+/m0/s1. The predicted molar refractivity (Wildman–Crippen MR) is 213 cm³/mol. The Morgan fingerprint density at radius 1 is 0.982 bits per heavy atom. The number of likely N-dealkylation sites (tertiary alicyclic amines) is 1. The van der Waals surface area contributed by atoms with E-state index in [1.807, 2.05) is 27.0 Å². The fraction of sp³-hybridized carbons (Fsp3) is 0.550. The first kappa shape index (κ1) is 45.7. The molecule has 0 aromatic heterocycles. The van der Waals surface area contributed by atoms with Crippen LogP contribution in [0.2, 0.25) is 0 Å². The van der Waals surface area contributed by atoms with Gasteiger partial charge in [-0.2, -0.15) is 11.8 Å². The molecule has 1 aliphatic heterocycles. The second-order valence-electron chi connectivity index (χ2n) is 15.0. The van der Waals surface area contributed by atoms with Crippen molar-refractivity contribution in [1.82, 2.24) is 31.1 Å². The van der Waals surface area contributed by atoms with Gasteiger partial charge in [-0.15, -0.1) is 0 Å². The first-order valence-electron chi connectivity index (χ1n) is 18.8. The Hall–Kier alpha value is -4.67. The van der Waals surface area contributed by atoms with Crippen molar-refractivity contribution in [3.63, 3.8) is 0 Å². The summed E-state index contributed by atoms with van der Waals surface area (Å²) in [7, 11) is 3.13. The number of thioether (sulfide) groups is 1. The van der Waals surface area contributed by atoms with Gasteiger partial charge in [-0.25, -0.2) is 0 Å². The summed E-state index contributed by atoms with van der Waals surface area (Å²) in [5.74, 6) is -2.21. The van der Waals surface area contributed by atoms with Crippen LogP contribution in [0.3, 0.4) is 0 Å². The number of benzene rings is 2. The molecule has 6 amide bonds. The molecule has 2 unspecified atom stereocenters. The highest BCUT2D eigenvalue weighted by Crippen LogP contribution is 2.27. The van der Waals surface area contributed by atoms with Crippen LogP contribution >= 0.6 is 11.8 Å². The molecular weight excluding hydrogens is 741 g/mol.